The lowest BCUT2D eigenvalue weighted by Gasteiger charge is -2.17. The minimum absolute atomic E-state index is 0.963. The van der Waals surface area contributed by atoms with Crippen LogP contribution >= 0.6 is 0 Å². The van der Waals surface area contributed by atoms with Gasteiger partial charge in [-0.05, 0) is 57.0 Å². The largest absolute Gasteiger partial charge is 0.302 e. The Morgan fingerprint density at radius 2 is 2.05 bits per heavy atom. The van der Waals surface area contributed by atoms with Gasteiger partial charge < -0.3 is 4.90 Å². The van der Waals surface area contributed by atoms with E-state index in [0.29, 0.717) is 0 Å². The number of nitrogens with one attached hydrogen (secondary N) is 1. The van der Waals surface area contributed by atoms with Crippen molar-refractivity contribution in [2.75, 3.05) is 13.6 Å². The number of hydrogen-bond acceptors (Lipinski definition) is 3. The summed E-state index contributed by atoms with van der Waals surface area (Å²) in [5.74, 6) is 0. The normalized spacial score (nSPS) is 11.2. The summed E-state index contributed by atoms with van der Waals surface area (Å²) in [6.45, 7) is 8.25. The van der Waals surface area contributed by atoms with E-state index in [1.807, 2.05) is 12.4 Å². The van der Waals surface area contributed by atoms with Gasteiger partial charge in [0.05, 0.1) is 5.69 Å². The van der Waals surface area contributed by atoms with E-state index < -0.39 is 0 Å². The van der Waals surface area contributed by atoms with Gasteiger partial charge in [0.2, 0.25) is 0 Å². The fraction of sp³-hybridized carbons (Fsp3) is 0.467. The fourth-order valence-electron chi connectivity index (χ4n) is 2.29. The number of aryl methyl sites for hydroxylation is 3. The van der Waals surface area contributed by atoms with E-state index in [1.54, 1.807) is 0 Å². The van der Waals surface area contributed by atoms with Crippen molar-refractivity contribution < 1.29 is 0 Å². The van der Waals surface area contributed by atoms with Crippen molar-refractivity contribution in [3.8, 4) is 0 Å². The Hall–Kier alpha value is -1.68. The minimum Gasteiger partial charge on any atom is -0.302 e. The standard InChI is InChI=1S/C15H22N4/c1-11-9-16-7-5-14(11)10-19(4)8-6-15-12(2)17-18-13(15)3/h5,7,9H,6,8,10H2,1-4H3,(H,17,18). The molecule has 0 saturated carbocycles. The summed E-state index contributed by atoms with van der Waals surface area (Å²) in [6, 6.07) is 2.10. The van der Waals surface area contributed by atoms with Gasteiger partial charge in [-0.2, -0.15) is 5.10 Å². The molecule has 102 valence electrons. The first-order valence-corrected chi connectivity index (χ1v) is 6.66. The molecule has 0 bridgehead atoms. The minimum atomic E-state index is 0.963. The number of likely N-dealkylation sites (N-methyl/N-ethyl adjacent to an activating group) is 1. The van der Waals surface area contributed by atoms with Crippen molar-refractivity contribution in [2.45, 2.75) is 33.7 Å². The van der Waals surface area contributed by atoms with E-state index >= 15 is 0 Å². The van der Waals surface area contributed by atoms with Gasteiger partial charge in [-0.3, -0.25) is 10.1 Å². The number of H-pyrrole nitrogens is 1. The average Bonchev–Trinajstić information content (AvgIpc) is 2.70. The third-order valence-electron chi connectivity index (χ3n) is 3.60. The molecule has 19 heavy (non-hydrogen) atoms. The molecule has 4 nitrogen and oxygen atoms in total. The molecule has 4 heteroatoms. The van der Waals surface area contributed by atoms with Gasteiger partial charge in [0, 0.05) is 31.2 Å². The lowest BCUT2D eigenvalue weighted by molar-refractivity contribution is 0.330. The number of aromatic amines is 1. The Bertz CT molecular complexity index is 525. The SMILES string of the molecule is Cc1cnccc1CN(C)CCc1c(C)n[nH]c1C. The molecule has 0 saturated heterocycles. The van der Waals surface area contributed by atoms with E-state index in [-0.39, 0.29) is 0 Å². The number of aromatic nitrogens is 3. The molecule has 0 spiro atoms. The van der Waals surface area contributed by atoms with Gasteiger partial charge in [0.25, 0.3) is 0 Å². The van der Waals surface area contributed by atoms with Crippen LogP contribution in [0.4, 0.5) is 0 Å². The van der Waals surface area contributed by atoms with Crippen LogP contribution in [-0.4, -0.2) is 33.7 Å². The molecular weight excluding hydrogens is 236 g/mol. The third-order valence-corrected chi connectivity index (χ3v) is 3.60. The highest BCUT2D eigenvalue weighted by Crippen LogP contribution is 2.12. The molecule has 0 aliphatic carbocycles. The lowest BCUT2D eigenvalue weighted by Crippen LogP contribution is -2.21. The quantitative estimate of drug-likeness (QED) is 0.895. The van der Waals surface area contributed by atoms with Crippen LogP contribution in [0.3, 0.4) is 0 Å². The van der Waals surface area contributed by atoms with Gasteiger partial charge in [-0.1, -0.05) is 0 Å². The molecule has 0 aromatic carbocycles. The second-order valence-corrected chi connectivity index (χ2v) is 5.20. The van der Waals surface area contributed by atoms with Crippen LogP contribution in [0.1, 0.15) is 28.1 Å². The molecule has 0 aliphatic rings. The van der Waals surface area contributed by atoms with E-state index in [2.05, 4.69) is 54.0 Å². The van der Waals surface area contributed by atoms with Crippen LogP contribution in [-0.2, 0) is 13.0 Å². The first-order chi connectivity index (χ1) is 9.08. The van der Waals surface area contributed by atoms with E-state index in [4.69, 9.17) is 0 Å². The van der Waals surface area contributed by atoms with Crippen LogP contribution in [0.15, 0.2) is 18.5 Å². The molecule has 0 aliphatic heterocycles. The summed E-state index contributed by atoms with van der Waals surface area (Å²) in [5.41, 5.74) is 6.25. The molecule has 0 atom stereocenters. The monoisotopic (exact) mass is 258 g/mol. The number of rotatable bonds is 5. The molecule has 2 heterocycles. The first kappa shape index (κ1) is 13.7. The van der Waals surface area contributed by atoms with Crippen LogP contribution in [0.5, 0.6) is 0 Å². The summed E-state index contributed by atoms with van der Waals surface area (Å²) in [7, 11) is 2.16. The maximum absolute atomic E-state index is 4.24. The maximum Gasteiger partial charge on any atom is 0.0626 e. The Morgan fingerprint density at radius 3 is 2.68 bits per heavy atom. The van der Waals surface area contributed by atoms with E-state index in [1.165, 1.54) is 22.4 Å². The van der Waals surface area contributed by atoms with Gasteiger partial charge >= 0.3 is 0 Å². The smallest absolute Gasteiger partial charge is 0.0626 e. The topological polar surface area (TPSA) is 44.8 Å². The maximum atomic E-state index is 4.24. The number of nitrogens with zero attached hydrogens (tertiary/aromatic N) is 3. The Balaban J connectivity index is 1.92. The molecule has 0 fully saturated rings. The second-order valence-electron chi connectivity index (χ2n) is 5.20. The van der Waals surface area contributed by atoms with Crippen LogP contribution in [0.25, 0.3) is 0 Å². The third kappa shape index (κ3) is 3.41. The summed E-state index contributed by atoms with van der Waals surface area (Å²) < 4.78 is 0. The van der Waals surface area contributed by atoms with E-state index in [0.717, 1.165) is 25.2 Å². The Labute approximate surface area is 114 Å². The summed E-state index contributed by atoms with van der Waals surface area (Å²) in [4.78, 5) is 6.47. The highest BCUT2D eigenvalue weighted by molar-refractivity contribution is 5.24. The fourth-order valence-corrected chi connectivity index (χ4v) is 2.29. The Morgan fingerprint density at radius 1 is 1.26 bits per heavy atom. The van der Waals surface area contributed by atoms with Crippen molar-refractivity contribution in [1.29, 1.82) is 0 Å². The summed E-state index contributed by atoms with van der Waals surface area (Å²) in [6.07, 6.45) is 4.82. The summed E-state index contributed by atoms with van der Waals surface area (Å²) >= 11 is 0. The molecule has 1 N–H and O–H groups in total. The predicted octanol–water partition coefficient (Wildman–Crippen LogP) is 2.40. The van der Waals surface area contributed by atoms with Crippen LogP contribution in [0, 0.1) is 20.8 Å². The van der Waals surface area contributed by atoms with Crippen molar-refractivity contribution >= 4 is 0 Å². The second kappa shape index (κ2) is 5.97. The van der Waals surface area contributed by atoms with Crippen molar-refractivity contribution in [2.24, 2.45) is 0 Å². The van der Waals surface area contributed by atoms with Gasteiger partial charge in [-0.25, -0.2) is 0 Å². The molecular formula is C15H22N4. The van der Waals surface area contributed by atoms with Crippen molar-refractivity contribution in [3.05, 3.63) is 46.5 Å². The summed E-state index contributed by atoms with van der Waals surface area (Å²) in [5, 5.41) is 7.28. The van der Waals surface area contributed by atoms with Crippen molar-refractivity contribution in [1.82, 2.24) is 20.1 Å². The zero-order valence-corrected chi connectivity index (χ0v) is 12.2. The number of hydrogen-bond donors (Lipinski definition) is 1. The predicted molar refractivity (Wildman–Crippen MR) is 77.1 cm³/mol. The highest BCUT2D eigenvalue weighted by Gasteiger charge is 2.08. The first-order valence-electron chi connectivity index (χ1n) is 6.66. The highest BCUT2D eigenvalue weighted by atomic mass is 15.1. The molecule has 0 radical (unpaired) electrons. The molecule has 2 aromatic heterocycles. The van der Waals surface area contributed by atoms with Crippen molar-refractivity contribution in [3.63, 3.8) is 0 Å². The van der Waals surface area contributed by atoms with Crippen LogP contribution in [0.2, 0.25) is 0 Å². The van der Waals surface area contributed by atoms with Gasteiger partial charge in [0.15, 0.2) is 0 Å². The average molecular weight is 258 g/mol. The van der Waals surface area contributed by atoms with E-state index in [9.17, 15) is 0 Å². The van der Waals surface area contributed by atoms with Crippen LogP contribution < -0.4 is 0 Å². The molecule has 2 rings (SSSR count). The zero-order valence-electron chi connectivity index (χ0n) is 12.2. The van der Waals surface area contributed by atoms with Gasteiger partial charge in [0.1, 0.15) is 0 Å². The number of pyridine rings is 1. The molecule has 0 amide bonds. The lowest BCUT2D eigenvalue weighted by atomic mass is 10.1. The zero-order chi connectivity index (χ0) is 13.8. The Kier molecular flexibility index (Phi) is 4.32. The molecule has 2 aromatic rings. The molecule has 0 unspecified atom stereocenters. The van der Waals surface area contributed by atoms with Gasteiger partial charge in [-0.15, -0.1) is 0 Å².